The third-order valence-electron chi connectivity index (χ3n) is 6.00. The quantitative estimate of drug-likeness (QED) is 0.489. The molecule has 8 heteroatoms. The van der Waals surface area contributed by atoms with Gasteiger partial charge in [-0.25, -0.2) is 0 Å². The van der Waals surface area contributed by atoms with Crippen molar-refractivity contribution in [3.63, 3.8) is 0 Å². The molecule has 0 bridgehead atoms. The van der Waals surface area contributed by atoms with E-state index in [0.29, 0.717) is 25.0 Å². The van der Waals surface area contributed by atoms with Gasteiger partial charge in [-0.15, -0.1) is 10.2 Å². The maximum absolute atomic E-state index is 13.0. The van der Waals surface area contributed by atoms with E-state index in [2.05, 4.69) is 49.2 Å². The van der Waals surface area contributed by atoms with E-state index in [-0.39, 0.29) is 11.9 Å². The van der Waals surface area contributed by atoms with Crippen LogP contribution in [0.3, 0.4) is 0 Å². The fourth-order valence-electron chi connectivity index (χ4n) is 4.15. The summed E-state index contributed by atoms with van der Waals surface area (Å²) in [5.74, 6) is 1.23. The number of morpholine rings is 1. The molecule has 2 aromatic carbocycles. The van der Waals surface area contributed by atoms with E-state index in [1.54, 1.807) is 0 Å². The first-order valence-corrected chi connectivity index (χ1v) is 12.5. The van der Waals surface area contributed by atoms with Crippen molar-refractivity contribution in [1.29, 1.82) is 0 Å². The summed E-state index contributed by atoms with van der Waals surface area (Å²) < 4.78 is 7.71. The fraction of sp³-hybridized carbons (Fsp3) is 0.400. The maximum Gasteiger partial charge on any atom is 0.230 e. The number of hydrogen-bond donors (Lipinski definition) is 1. The highest BCUT2D eigenvalue weighted by Crippen LogP contribution is 2.41. The van der Waals surface area contributed by atoms with Crippen molar-refractivity contribution in [3.05, 3.63) is 71.8 Å². The Morgan fingerprint density at radius 2 is 1.73 bits per heavy atom. The van der Waals surface area contributed by atoms with Crippen LogP contribution in [0.2, 0.25) is 0 Å². The van der Waals surface area contributed by atoms with E-state index in [1.165, 1.54) is 17.3 Å². The summed E-state index contributed by atoms with van der Waals surface area (Å²) in [4.78, 5) is 15.2. The van der Waals surface area contributed by atoms with Crippen LogP contribution in [0.25, 0.3) is 0 Å². The van der Waals surface area contributed by atoms with E-state index in [1.807, 2.05) is 36.4 Å². The lowest BCUT2D eigenvalue weighted by atomic mass is 9.99. The third-order valence-corrected chi connectivity index (χ3v) is 6.95. The second kappa shape index (κ2) is 10.4. The molecule has 1 aliphatic carbocycles. The predicted octanol–water partition coefficient (Wildman–Crippen LogP) is 3.64. The molecule has 2 fully saturated rings. The van der Waals surface area contributed by atoms with Gasteiger partial charge in [-0.3, -0.25) is 9.36 Å². The average Bonchev–Trinajstić information content (AvgIpc) is 3.62. The molecule has 1 aliphatic heterocycles. The zero-order valence-electron chi connectivity index (χ0n) is 18.6. The van der Waals surface area contributed by atoms with Gasteiger partial charge in [-0.05, 0) is 30.4 Å². The van der Waals surface area contributed by atoms with Gasteiger partial charge in [0.05, 0.1) is 25.0 Å². The van der Waals surface area contributed by atoms with Crippen LogP contribution in [-0.2, 0) is 16.0 Å². The molecule has 1 saturated heterocycles. The second-order valence-corrected chi connectivity index (χ2v) is 9.43. The molecule has 2 aliphatic rings. The molecule has 1 N–H and O–H groups in total. The van der Waals surface area contributed by atoms with Gasteiger partial charge in [0.25, 0.3) is 0 Å². The molecule has 1 saturated carbocycles. The summed E-state index contributed by atoms with van der Waals surface area (Å²) in [6.07, 6.45) is 3.03. The lowest BCUT2D eigenvalue weighted by Gasteiger charge is -2.27. The number of nitrogens with one attached hydrogen (secondary N) is 1. The fourth-order valence-corrected chi connectivity index (χ4v) is 4.96. The van der Waals surface area contributed by atoms with Crippen molar-refractivity contribution in [2.45, 2.75) is 36.5 Å². The molecule has 1 aromatic heterocycles. The highest BCUT2D eigenvalue weighted by Gasteiger charge is 2.32. The minimum atomic E-state index is -0.0769. The first kappa shape index (κ1) is 22.0. The number of carbonyl (C=O) groups is 1. The zero-order valence-corrected chi connectivity index (χ0v) is 19.4. The topological polar surface area (TPSA) is 72.3 Å². The number of nitrogens with zero attached hydrogens (tertiary/aromatic N) is 4. The van der Waals surface area contributed by atoms with Crippen molar-refractivity contribution in [1.82, 2.24) is 20.1 Å². The van der Waals surface area contributed by atoms with Gasteiger partial charge in [-0.2, -0.15) is 0 Å². The van der Waals surface area contributed by atoms with Crippen LogP contribution in [0.1, 0.15) is 36.1 Å². The molecule has 0 radical (unpaired) electrons. The second-order valence-electron chi connectivity index (χ2n) is 8.49. The molecular formula is C25H29N5O2S. The van der Waals surface area contributed by atoms with Gasteiger partial charge in [0.1, 0.15) is 0 Å². The smallest absolute Gasteiger partial charge is 0.230 e. The maximum atomic E-state index is 13.0. The molecule has 0 spiro atoms. The number of amides is 1. The van der Waals surface area contributed by atoms with Gasteiger partial charge >= 0.3 is 0 Å². The standard InChI is InChI=1S/C25H29N5O2S/c31-23(26-22(20-9-5-2-6-10-20)17-19-7-3-1-4-8-19)18-33-25-28-27-24(30(25)21-11-12-21)29-13-15-32-16-14-29/h1-10,21-22H,11-18H2,(H,26,31). The average molecular weight is 464 g/mol. The van der Waals surface area contributed by atoms with Crippen molar-refractivity contribution in [2.24, 2.45) is 0 Å². The van der Waals surface area contributed by atoms with Crippen LogP contribution in [0.5, 0.6) is 0 Å². The molecule has 1 unspecified atom stereocenters. The first-order valence-electron chi connectivity index (χ1n) is 11.6. The van der Waals surface area contributed by atoms with Gasteiger partial charge in [0.15, 0.2) is 5.16 Å². The Morgan fingerprint density at radius 1 is 1.03 bits per heavy atom. The van der Waals surface area contributed by atoms with Gasteiger partial charge < -0.3 is 15.0 Å². The van der Waals surface area contributed by atoms with Crippen LogP contribution >= 0.6 is 11.8 Å². The number of thioether (sulfide) groups is 1. The molecule has 2 heterocycles. The van der Waals surface area contributed by atoms with Crippen molar-refractivity contribution < 1.29 is 9.53 Å². The summed E-state index contributed by atoms with van der Waals surface area (Å²) >= 11 is 1.47. The first-order chi connectivity index (χ1) is 16.3. The summed E-state index contributed by atoms with van der Waals surface area (Å²) in [7, 11) is 0. The molecule has 172 valence electrons. The number of anilines is 1. The SMILES string of the molecule is O=C(CSc1nnc(N2CCOCC2)n1C1CC1)NC(Cc1ccccc1)c1ccccc1. The Morgan fingerprint density at radius 3 is 2.42 bits per heavy atom. The summed E-state index contributed by atoms with van der Waals surface area (Å²) in [6.45, 7) is 3.08. The minimum absolute atomic E-state index is 0.00283. The van der Waals surface area contributed by atoms with E-state index in [4.69, 9.17) is 4.74 Å². The molecule has 7 nitrogen and oxygen atoms in total. The molecule has 1 amide bonds. The molecule has 5 rings (SSSR count). The summed E-state index contributed by atoms with van der Waals surface area (Å²) in [5, 5.41) is 13.0. The number of rotatable bonds is 9. The predicted molar refractivity (Wildman–Crippen MR) is 130 cm³/mol. The molecule has 33 heavy (non-hydrogen) atoms. The highest BCUT2D eigenvalue weighted by molar-refractivity contribution is 7.99. The minimum Gasteiger partial charge on any atom is -0.378 e. The normalized spacial score (nSPS) is 17.0. The lowest BCUT2D eigenvalue weighted by molar-refractivity contribution is -0.119. The largest absolute Gasteiger partial charge is 0.378 e. The van der Waals surface area contributed by atoms with Gasteiger partial charge in [0.2, 0.25) is 11.9 Å². The molecule has 1 atom stereocenters. The number of ether oxygens (including phenoxy) is 1. The van der Waals surface area contributed by atoms with E-state index in [9.17, 15) is 4.79 Å². The zero-order chi connectivity index (χ0) is 22.5. The van der Waals surface area contributed by atoms with Crippen LogP contribution in [0.15, 0.2) is 65.8 Å². The third kappa shape index (κ3) is 5.57. The van der Waals surface area contributed by atoms with Gasteiger partial charge in [0, 0.05) is 19.1 Å². The van der Waals surface area contributed by atoms with E-state index in [0.717, 1.165) is 49.0 Å². The Hall–Kier alpha value is -2.84. The Kier molecular flexibility index (Phi) is 6.92. The summed E-state index contributed by atoms with van der Waals surface area (Å²) in [6, 6.07) is 20.8. The van der Waals surface area contributed by atoms with Crippen LogP contribution < -0.4 is 10.2 Å². The van der Waals surface area contributed by atoms with E-state index >= 15 is 0 Å². The van der Waals surface area contributed by atoms with Crippen LogP contribution in [0.4, 0.5) is 5.95 Å². The number of aromatic nitrogens is 3. The molecule has 3 aromatic rings. The lowest BCUT2D eigenvalue weighted by Crippen LogP contribution is -2.38. The number of benzene rings is 2. The van der Waals surface area contributed by atoms with Gasteiger partial charge in [-0.1, -0.05) is 72.4 Å². The Bertz CT molecular complexity index is 1050. The van der Waals surface area contributed by atoms with Crippen LogP contribution in [0, 0.1) is 0 Å². The number of hydrogen-bond acceptors (Lipinski definition) is 6. The van der Waals surface area contributed by atoms with Crippen molar-refractivity contribution >= 4 is 23.6 Å². The molecular weight excluding hydrogens is 434 g/mol. The van der Waals surface area contributed by atoms with E-state index < -0.39 is 0 Å². The van der Waals surface area contributed by atoms with Crippen molar-refractivity contribution in [3.8, 4) is 0 Å². The summed E-state index contributed by atoms with van der Waals surface area (Å²) in [5.41, 5.74) is 2.30. The number of carbonyl (C=O) groups excluding carboxylic acids is 1. The Balaban J connectivity index is 1.26. The Labute approximate surface area is 198 Å². The monoisotopic (exact) mass is 463 g/mol. The van der Waals surface area contributed by atoms with Crippen molar-refractivity contribution in [2.75, 3.05) is 37.0 Å². The highest BCUT2D eigenvalue weighted by atomic mass is 32.2. The van der Waals surface area contributed by atoms with Crippen LogP contribution in [-0.4, -0.2) is 52.7 Å².